The predicted molar refractivity (Wildman–Crippen MR) is 71.5 cm³/mol. The highest BCUT2D eigenvalue weighted by atomic mass is 79.9. The lowest BCUT2D eigenvalue weighted by molar-refractivity contribution is -0.137. The maximum Gasteiger partial charge on any atom is 0.303 e. The van der Waals surface area contributed by atoms with Gasteiger partial charge in [0.25, 0.3) is 0 Å². The van der Waals surface area contributed by atoms with Crippen LogP contribution in [0.15, 0.2) is 28.7 Å². The van der Waals surface area contributed by atoms with Gasteiger partial charge >= 0.3 is 5.97 Å². The number of hydrogen-bond donors (Lipinski definition) is 1. The van der Waals surface area contributed by atoms with Gasteiger partial charge in [0.05, 0.1) is 6.42 Å². The number of carboxylic acid groups (broad SMARTS) is 1. The second kappa shape index (κ2) is 5.65. The van der Waals surface area contributed by atoms with Crippen LogP contribution in [-0.2, 0) is 9.59 Å². The van der Waals surface area contributed by atoms with Gasteiger partial charge in [-0.25, -0.2) is 0 Å². The van der Waals surface area contributed by atoms with Crippen molar-refractivity contribution in [2.75, 3.05) is 0 Å². The van der Waals surface area contributed by atoms with Gasteiger partial charge in [0.15, 0.2) is 0 Å². The fourth-order valence-corrected chi connectivity index (χ4v) is 2.33. The average Bonchev–Trinajstić information content (AvgIpc) is 3.12. The molecule has 1 aromatic carbocycles. The number of hydrogen-bond acceptors (Lipinski definition) is 2. The van der Waals surface area contributed by atoms with Gasteiger partial charge in [-0.1, -0.05) is 28.1 Å². The van der Waals surface area contributed by atoms with Crippen LogP contribution in [0.1, 0.15) is 37.2 Å². The maximum atomic E-state index is 11.8. The monoisotopic (exact) mass is 310 g/mol. The molecule has 1 N–H and O–H groups in total. The van der Waals surface area contributed by atoms with Crippen molar-refractivity contribution in [2.24, 2.45) is 5.92 Å². The minimum absolute atomic E-state index is 0.0140. The molecule has 0 bridgehead atoms. The molecule has 96 valence electrons. The van der Waals surface area contributed by atoms with E-state index in [1.54, 1.807) is 0 Å². The Bertz CT molecular complexity index is 449. The molecular formula is C14H15BrO3. The number of carbonyl (C=O) groups is 2. The van der Waals surface area contributed by atoms with Gasteiger partial charge in [-0.2, -0.15) is 0 Å². The number of carbonyl (C=O) groups excluding carboxylic acids is 1. The highest BCUT2D eigenvalue weighted by molar-refractivity contribution is 9.10. The third kappa shape index (κ3) is 3.67. The molecule has 0 radical (unpaired) electrons. The molecule has 1 saturated carbocycles. The molecule has 1 aromatic rings. The summed E-state index contributed by atoms with van der Waals surface area (Å²) in [5, 5.41) is 8.95. The molecule has 0 saturated heterocycles. The smallest absolute Gasteiger partial charge is 0.303 e. The Morgan fingerprint density at radius 2 is 1.83 bits per heavy atom. The van der Waals surface area contributed by atoms with Crippen LogP contribution >= 0.6 is 15.9 Å². The van der Waals surface area contributed by atoms with E-state index in [1.807, 2.05) is 24.3 Å². The molecule has 0 heterocycles. The molecule has 1 atom stereocenters. The Morgan fingerprint density at radius 1 is 1.22 bits per heavy atom. The second-order valence-electron chi connectivity index (χ2n) is 4.79. The van der Waals surface area contributed by atoms with Crippen molar-refractivity contribution in [1.29, 1.82) is 0 Å². The first-order valence-electron chi connectivity index (χ1n) is 6.06. The lowest BCUT2D eigenvalue weighted by atomic mass is 9.90. The molecular weight excluding hydrogens is 296 g/mol. The zero-order valence-electron chi connectivity index (χ0n) is 9.93. The van der Waals surface area contributed by atoms with Crippen LogP contribution in [0, 0.1) is 5.92 Å². The van der Waals surface area contributed by atoms with Crippen molar-refractivity contribution < 1.29 is 14.7 Å². The third-order valence-electron chi connectivity index (χ3n) is 3.24. The molecule has 0 amide bonds. The SMILES string of the molecule is O=C(O)CC(CC(=O)C1CC1)c1ccc(Br)cc1. The van der Waals surface area contributed by atoms with Crippen molar-refractivity contribution in [1.82, 2.24) is 0 Å². The van der Waals surface area contributed by atoms with Gasteiger partial charge in [0.1, 0.15) is 5.78 Å². The number of halogens is 1. The number of Topliss-reactive ketones (excluding diaryl/α,β-unsaturated/α-hetero) is 1. The van der Waals surface area contributed by atoms with Crippen LogP contribution in [0.2, 0.25) is 0 Å². The molecule has 1 aliphatic carbocycles. The molecule has 4 heteroatoms. The number of rotatable bonds is 6. The molecule has 0 aromatic heterocycles. The third-order valence-corrected chi connectivity index (χ3v) is 3.77. The summed E-state index contributed by atoms with van der Waals surface area (Å²) in [6.45, 7) is 0. The predicted octanol–water partition coefficient (Wildman–Crippen LogP) is 3.38. The fourth-order valence-electron chi connectivity index (χ4n) is 2.07. The van der Waals surface area contributed by atoms with E-state index in [2.05, 4.69) is 15.9 Å². The molecule has 1 aliphatic rings. The van der Waals surface area contributed by atoms with E-state index < -0.39 is 5.97 Å². The number of aliphatic carboxylic acids is 1. The van der Waals surface area contributed by atoms with E-state index in [0.717, 1.165) is 22.9 Å². The Labute approximate surface area is 114 Å². The van der Waals surface area contributed by atoms with Gasteiger partial charge < -0.3 is 5.11 Å². The van der Waals surface area contributed by atoms with E-state index in [0.29, 0.717) is 6.42 Å². The maximum absolute atomic E-state index is 11.8. The Balaban J connectivity index is 2.10. The van der Waals surface area contributed by atoms with Crippen LogP contribution in [0.5, 0.6) is 0 Å². The van der Waals surface area contributed by atoms with Crippen molar-refractivity contribution in [3.8, 4) is 0 Å². The van der Waals surface area contributed by atoms with Crippen molar-refractivity contribution in [2.45, 2.75) is 31.6 Å². The van der Waals surface area contributed by atoms with E-state index in [-0.39, 0.29) is 24.0 Å². The fraction of sp³-hybridized carbons (Fsp3) is 0.429. The first kappa shape index (κ1) is 13.3. The van der Waals surface area contributed by atoms with Crippen LogP contribution in [-0.4, -0.2) is 16.9 Å². The molecule has 0 aliphatic heterocycles. The van der Waals surface area contributed by atoms with Gasteiger partial charge in [0, 0.05) is 22.7 Å². The van der Waals surface area contributed by atoms with E-state index in [4.69, 9.17) is 5.11 Å². The zero-order chi connectivity index (χ0) is 13.1. The van der Waals surface area contributed by atoms with Crippen molar-refractivity contribution in [3.63, 3.8) is 0 Å². The minimum Gasteiger partial charge on any atom is -0.481 e. The summed E-state index contributed by atoms with van der Waals surface area (Å²) < 4.78 is 0.953. The summed E-state index contributed by atoms with van der Waals surface area (Å²) in [5.74, 6) is -0.656. The summed E-state index contributed by atoms with van der Waals surface area (Å²) in [6.07, 6.45) is 2.30. The molecule has 1 unspecified atom stereocenters. The minimum atomic E-state index is -0.855. The highest BCUT2D eigenvalue weighted by Gasteiger charge is 2.31. The Morgan fingerprint density at radius 3 is 2.33 bits per heavy atom. The van der Waals surface area contributed by atoms with Gasteiger partial charge in [-0.15, -0.1) is 0 Å². The first-order valence-corrected chi connectivity index (χ1v) is 6.85. The number of ketones is 1. The molecule has 0 spiro atoms. The van der Waals surface area contributed by atoms with Crippen LogP contribution in [0.3, 0.4) is 0 Å². The molecule has 2 rings (SSSR count). The average molecular weight is 311 g/mol. The van der Waals surface area contributed by atoms with Gasteiger partial charge in [0.2, 0.25) is 0 Å². The summed E-state index contributed by atoms with van der Waals surface area (Å²) in [5.41, 5.74) is 0.926. The topological polar surface area (TPSA) is 54.4 Å². The van der Waals surface area contributed by atoms with E-state index >= 15 is 0 Å². The standard InChI is InChI=1S/C14H15BrO3/c15-12-5-3-9(4-6-12)11(8-14(17)18)7-13(16)10-1-2-10/h3-6,10-11H,1-2,7-8H2,(H,17,18). The second-order valence-corrected chi connectivity index (χ2v) is 5.71. The van der Waals surface area contributed by atoms with Crippen LogP contribution in [0.25, 0.3) is 0 Å². The van der Waals surface area contributed by atoms with E-state index in [9.17, 15) is 9.59 Å². The number of benzene rings is 1. The largest absolute Gasteiger partial charge is 0.481 e. The van der Waals surface area contributed by atoms with Gasteiger partial charge in [-0.05, 0) is 30.5 Å². The van der Waals surface area contributed by atoms with Crippen molar-refractivity contribution in [3.05, 3.63) is 34.3 Å². The summed E-state index contributed by atoms with van der Waals surface area (Å²) in [4.78, 5) is 22.7. The van der Waals surface area contributed by atoms with Crippen LogP contribution in [0.4, 0.5) is 0 Å². The van der Waals surface area contributed by atoms with E-state index in [1.165, 1.54) is 0 Å². The number of carboxylic acids is 1. The van der Waals surface area contributed by atoms with Gasteiger partial charge in [-0.3, -0.25) is 9.59 Å². The first-order chi connectivity index (χ1) is 8.56. The van der Waals surface area contributed by atoms with Crippen molar-refractivity contribution >= 4 is 27.7 Å². The molecule has 3 nitrogen and oxygen atoms in total. The lowest BCUT2D eigenvalue weighted by Gasteiger charge is -2.14. The lowest BCUT2D eigenvalue weighted by Crippen LogP contribution is -2.12. The summed E-state index contributed by atoms with van der Waals surface area (Å²) >= 11 is 3.35. The summed E-state index contributed by atoms with van der Waals surface area (Å²) in [7, 11) is 0. The molecule has 1 fully saturated rings. The summed E-state index contributed by atoms with van der Waals surface area (Å²) in [6, 6.07) is 7.54. The highest BCUT2D eigenvalue weighted by Crippen LogP contribution is 2.35. The van der Waals surface area contributed by atoms with Crippen LogP contribution < -0.4 is 0 Å². The Hall–Kier alpha value is -1.16. The quantitative estimate of drug-likeness (QED) is 0.876. The normalized spacial score (nSPS) is 16.3. The Kier molecular flexibility index (Phi) is 4.17. The zero-order valence-corrected chi connectivity index (χ0v) is 11.5. The molecule has 18 heavy (non-hydrogen) atoms.